The number of likely N-dealkylation sites (tertiary alicyclic amines) is 1. The molecule has 0 aromatic rings. The highest BCUT2D eigenvalue weighted by atomic mass is 16.6. The number of hydrogen-bond donors (Lipinski definition) is 2. The van der Waals surface area contributed by atoms with Gasteiger partial charge in [0.25, 0.3) is 0 Å². The second-order valence-corrected chi connectivity index (χ2v) is 8.32. The quantitative estimate of drug-likeness (QED) is 0.791. The number of methoxy groups -OCH3 is 1. The first-order valence-electron chi connectivity index (χ1n) is 8.33. The van der Waals surface area contributed by atoms with Crippen molar-refractivity contribution < 1.29 is 29.0 Å². The SMILES string of the molecule is CO[C@@H]1CCN(C(=O)C(NC(=O)OC(C)(C)C)C(C)(C)C)[C@@H]1C(=O)O. The van der Waals surface area contributed by atoms with E-state index in [1.54, 1.807) is 41.5 Å². The van der Waals surface area contributed by atoms with E-state index < -0.39 is 47.2 Å². The zero-order valence-electron chi connectivity index (χ0n) is 16.1. The molecule has 1 fully saturated rings. The normalized spacial score (nSPS) is 22.4. The fourth-order valence-corrected chi connectivity index (χ4v) is 2.79. The predicted octanol–water partition coefficient (Wildman–Crippen LogP) is 1.63. The van der Waals surface area contributed by atoms with Gasteiger partial charge in [0.05, 0.1) is 6.10 Å². The van der Waals surface area contributed by atoms with E-state index in [0.29, 0.717) is 6.42 Å². The molecule has 8 heteroatoms. The molecular weight excluding hydrogens is 328 g/mol. The third kappa shape index (κ3) is 5.59. The number of amides is 2. The molecule has 0 radical (unpaired) electrons. The molecule has 1 aliphatic rings. The number of rotatable bonds is 4. The molecule has 1 heterocycles. The number of nitrogens with one attached hydrogen (secondary N) is 1. The van der Waals surface area contributed by atoms with Gasteiger partial charge in [-0.1, -0.05) is 20.8 Å². The van der Waals surface area contributed by atoms with E-state index in [-0.39, 0.29) is 6.54 Å². The molecule has 3 atom stereocenters. The Morgan fingerprint density at radius 1 is 1.16 bits per heavy atom. The van der Waals surface area contributed by atoms with Crippen molar-refractivity contribution in [2.24, 2.45) is 5.41 Å². The monoisotopic (exact) mass is 358 g/mol. The molecule has 1 unspecified atom stereocenters. The van der Waals surface area contributed by atoms with Crippen molar-refractivity contribution in [1.82, 2.24) is 10.2 Å². The molecule has 2 N–H and O–H groups in total. The molecular formula is C17H30N2O6. The van der Waals surface area contributed by atoms with Crippen molar-refractivity contribution in [3.05, 3.63) is 0 Å². The maximum atomic E-state index is 13.0. The lowest BCUT2D eigenvalue weighted by Crippen LogP contribution is -2.58. The largest absolute Gasteiger partial charge is 0.480 e. The van der Waals surface area contributed by atoms with E-state index in [4.69, 9.17) is 9.47 Å². The van der Waals surface area contributed by atoms with Crippen LogP contribution in [0.25, 0.3) is 0 Å². The van der Waals surface area contributed by atoms with Crippen LogP contribution in [0.5, 0.6) is 0 Å². The molecule has 1 aliphatic heterocycles. The van der Waals surface area contributed by atoms with Crippen molar-refractivity contribution in [1.29, 1.82) is 0 Å². The Morgan fingerprint density at radius 2 is 1.72 bits per heavy atom. The number of alkyl carbamates (subject to hydrolysis) is 1. The maximum absolute atomic E-state index is 13.0. The number of aliphatic carboxylic acids is 1. The van der Waals surface area contributed by atoms with Gasteiger partial charge >= 0.3 is 12.1 Å². The summed E-state index contributed by atoms with van der Waals surface area (Å²) in [6.07, 6.45) is -0.846. The first-order valence-corrected chi connectivity index (χ1v) is 8.33. The van der Waals surface area contributed by atoms with Crippen molar-refractivity contribution >= 4 is 18.0 Å². The number of carboxylic acid groups (broad SMARTS) is 1. The molecule has 0 bridgehead atoms. The fraction of sp³-hybridized carbons (Fsp3) is 0.824. The molecule has 0 aromatic carbocycles. The van der Waals surface area contributed by atoms with Crippen molar-refractivity contribution in [2.45, 2.75) is 71.8 Å². The van der Waals surface area contributed by atoms with Gasteiger partial charge in [-0.05, 0) is 32.6 Å². The van der Waals surface area contributed by atoms with Crippen LogP contribution in [0.1, 0.15) is 48.0 Å². The topological polar surface area (TPSA) is 105 Å². The van der Waals surface area contributed by atoms with Crippen molar-refractivity contribution in [3.63, 3.8) is 0 Å². The van der Waals surface area contributed by atoms with Gasteiger partial charge in [0.2, 0.25) is 5.91 Å². The average Bonchev–Trinajstić information content (AvgIpc) is 2.84. The van der Waals surface area contributed by atoms with Crippen LogP contribution >= 0.6 is 0 Å². The van der Waals surface area contributed by atoms with Crippen LogP contribution in [0.15, 0.2) is 0 Å². The Balaban J connectivity index is 3.02. The number of ether oxygens (including phenoxy) is 2. The second kappa shape index (κ2) is 7.59. The number of carbonyl (C=O) groups is 3. The summed E-state index contributed by atoms with van der Waals surface area (Å²) >= 11 is 0. The first-order chi connectivity index (χ1) is 11.3. The number of hydrogen-bond acceptors (Lipinski definition) is 5. The minimum atomic E-state index is -1.12. The van der Waals surface area contributed by atoms with Gasteiger partial charge in [-0.15, -0.1) is 0 Å². The summed E-state index contributed by atoms with van der Waals surface area (Å²) in [6, 6.07) is -1.98. The Labute approximate surface area is 148 Å². The van der Waals surface area contributed by atoms with E-state index in [2.05, 4.69) is 5.32 Å². The Bertz CT molecular complexity index is 520. The van der Waals surface area contributed by atoms with Crippen LogP contribution < -0.4 is 5.32 Å². The lowest BCUT2D eigenvalue weighted by molar-refractivity contribution is -0.153. The van der Waals surface area contributed by atoms with Crippen LogP contribution in [0, 0.1) is 5.41 Å². The molecule has 0 saturated carbocycles. The Hall–Kier alpha value is -1.83. The molecule has 2 amide bonds. The summed E-state index contributed by atoms with van der Waals surface area (Å²) in [6.45, 7) is 10.8. The van der Waals surface area contributed by atoms with Crippen molar-refractivity contribution in [2.75, 3.05) is 13.7 Å². The minimum Gasteiger partial charge on any atom is -0.480 e. The molecule has 1 saturated heterocycles. The van der Waals surface area contributed by atoms with Crippen LogP contribution in [-0.4, -0.2) is 65.4 Å². The zero-order chi connectivity index (χ0) is 19.6. The van der Waals surface area contributed by atoms with Gasteiger partial charge in [-0.2, -0.15) is 0 Å². The smallest absolute Gasteiger partial charge is 0.408 e. The second-order valence-electron chi connectivity index (χ2n) is 8.32. The third-order valence-electron chi connectivity index (χ3n) is 3.96. The lowest BCUT2D eigenvalue weighted by Gasteiger charge is -2.35. The molecule has 0 spiro atoms. The van der Waals surface area contributed by atoms with Gasteiger partial charge in [-0.3, -0.25) is 4.79 Å². The molecule has 0 aromatic heterocycles. The predicted molar refractivity (Wildman–Crippen MR) is 91.2 cm³/mol. The Kier molecular flexibility index (Phi) is 6.44. The fourth-order valence-electron chi connectivity index (χ4n) is 2.79. The van der Waals surface area contributed by atoms with Gasteiger partial charge in [0, 0.05) is 13.7 Å². The van der Waals surface area contributed by atoms with Crippen LogP contribution in [0.3, 0.4) is 0 Å². The van der Waals surface area contributed by atoms with E-state index in [0.717, 1.165) is 0 Å². The first kappa shape index (κ1) is 21.2. The molecule has 25 heavy (non-hydrogen) atoms. The van der Waals surface area contributed by atoms with Gasteiger partial charge in [0.15, 0.2) is 6.04 Å². The third-order valence-corrected chi connectivity index (χ3v) is 3.96. The highest BCUT2D eigenvalue weighted by Gasteiger charge is 2.46. The van der Waals surface area contributed by atoms with Crippen LogP contribution in [0.4, 0.5) is 4.79 Å². The summed E-state index contributed by atoms with van der Waals surface area (Å²) in [5.74, 6) is -1.58. The van der Waals surface area contributed by atoms with E-state index >= 15 is 0 Å². The summed E-state index contributed by atoms with van der Waals surface area (Å²) in [4.78, 5) is 38.0. The maximum Gasteiger partial charge on any atom is 0.408 e. The summed E-state index contributed by atoms with van der Waals surface area (Å²) in [7, 11) is 1.43. The van der Waals surface area contributed by atoms with E-state index in [9.17, 15) is 19.5 Å². The highest BCUT2D eigenvalue weighted by molar-refractivity contribution is 5.90. The summed E-state index contributed by atoms with van der Waals surface area (Å²) in [5, 5.41) is 12.1. The van der Waals surface area contributed by atoms with Crippen LogP contribution in [0.2, 0.25) is 0 Å². The standard InChI is InChI=1S/C17H30N2O6/c1-16(2,3)12(18-15(23)25-17(4,5)6)13(20)19-9-8-10(24-7)11(19)14(21)22/h10-12H,8-9H2,1-7H3,(H,18,23)(H,21,22)/t10-,11+,12?/m1/s1. The molecule has 144 valence electrons. The van der Waals surface area contributed by atoms with Crippen LogP contribution in [-0.2, 0) is 19.1 Å². The molecule has 0 aliphatic carbocycles. The van der Waals surface area contributed by atoms with E-state index in [1.165, 1.54) is 12.0 Å². The number of carboxylic acids is 1. The van der Waals surface area contributed by atoms with Crippen molar-refractivity contribution in [3.8, 4) is 0 Å². The Morgan fingerprint density at radius 3 is 2.12 bits per heavy atom. The minimum absolute atomic E-state index is 0.261. The molecule has 8 nitrogen and oxygen atoms in total. The number of nitrogens with zero attached hydrogens (tertiary/aromatic N) is 1. The average molecular weight is 358 g/mol. The molecule has 1 rings (SSSR count). The zero-order valence-corrected chi connectivity index (χ0v) is 16.1. The summed E-state index contributed by atoms with van der Waals surface area (Å²) < 4.78 is 10.4. The highest BCUT2D eigenvalue weighted by Crippen LogP contribution is 2.27. The van der Waals surface area contributed by atoms with Gasteiger partial charge in [-0.25, -0.2) is 9.59 Å². The number of carbonyl (C=O) groups excluding carboxylic acids is 2. The van der Waals surface area contributed by atoms with Gasteiger partial charge in [0.1, 0.15) is 11.6 Å². The van der Waals surface area contributed by atoms with E-state index in [1.807, 2.05) is 0 Å². The summed E-state index contributed by atoms with van der Waals surface area (Å²) in [5.41, 5.74) is -1.32. The lowest BCUT2D eigenvalue weighted by atomic mass is 9.85. The van der Waals surface area contributed by atoms with Gasteiger partial charge < -0.3 is 24.8 Å².